The highest BCUT2D eigenvalue weighted by Gasteiger charge is 2.21. The number of halogens is 2. The molecular weight excluding hydrogens is 356 g/mol. The molecule has 0 aliphatic rings. The minimum Gasteiger partial charge on any atom is -0.434 e. The Morgan fingerprint density at radius 2 is 1.96 bits per heavy atom. The molecule has 27 heavy (non-hydrogen) atoms. The van der Waals surface area contributed by atoms with Crippen LogP contribution >= 0.6 is 0 Å². The van der Waals surface area contributed by atoms with E-state index in [1.165, 1.54) is 6.07 Å². The van der Waals surface area contributed by atoms with Crippen LogP contribution in [0.3, 0.4) is 0 Å². The van der Waals surface area contributed by atoms with E-state index in [4.69, 9.17) is 4.52 Å². The van der Waals surface area contributed by atoms with E-state index in [0.29, 0.717) is 29.8 Å². The summed E-state index contributed by atoms with van der Waals surface area (Å²) in [5, 5.41) is 10.1. The standard InChI is InChI=1S/C18H25F2N5O2/c1-11-6-7-13(26-16(19)20)12(8-11)9-22-17(21-5)23-10-14-24-15(27-25-14)18(2,3)4/h6-8,16H,9-10H2,1-5H3,(H2,21,22,23). The second kappa shape index (κ2) is 8.79. The zero-order chi connectivity index (χ0) is 20.0. The zero-order valence-corrected chi connectivity index (χ0v) is 16.1. The lowest BCUT2D eigenvalue weighted by Crippen LogP contribution is -2.36. The highest BCUT2D eigenvalue weighted by molar-refractivity contribution is 5.79. The lowest BCUT2D eigenvalue weighted by Gasteiger charge is -2.14. The molecule has 1 heterocycles. The van der Waals surface area contributed by atoms with Gasteiger partial charge in [-0.05, 0) is 13.0 Å². The number of aromatic nitrogens is 2. The van der Waals surface area contributed by atoms with Crippen molar-refractivity contribution in [1.29, 1.82) is 0 Å². The molecule has 148 valence electrons. The summed E-state index contributed by atoms with van der Waals surface area (Å²) in [5.41, 5.74) is 1.32. The molecule has 0 unspecified atom stereocenters. The first-order valence-electron chi connectivity index (χ1n) is 8.51. The van der Waals surface area contributed by atoms with Gasteiger partial charge in [0.05, 0.1) is 6.54 Å². The highest BCUT2D eigenvalue weighted by Crippen LogP contribution is 2.22. The maximum absolute atomic E-state index is 12.6. The number of benzene rings is 1. The van der Waals surface area contributed by atoms with Crippen molar-refractivity contribution in [2.24, 2.45) is 4.99 Å². The van der Waals surface area contributed by atoms with E-state index < -0.39 is 6.61 Å². The van der Waals surface area contributed by atoms with Crippen LogP contribution in [0.15, 0.2) is 27.7 Å². The van der Waals surface area contributed by atoms with Crippen LogP contribution in [0.1, 0.15) is 43.6 Å². The first-order chi connectivity index (χ1) is 12.7. The number of hydrogen-bond acceptors (Lipinski definition) is 5. The second-order valence-electron chi connectivity index (χ2n) is 7.03. The summed E-state index contributed by atoms with van der Waals surface area (Å²) in [5.74, 6) is 1.66. The van der Waals surface area contributed by atoms with E-state index in [2.05, 4.69) is 30.5 Å². The molecule has 0 fully saturated rings. The van der Waals surface area contributed by atoms with Gasteiger partial charge in [-0.25, -0.2) is 0 Å². The van der Waals surface area contributed by atoms with Gasteiger partial charge in [-0.1, -0.05) is 43.6 Å². The first kappa shape index (κ1) is 20.6. The molecule has 9 heteroatoms. The Kier molecular flexibility index (Phi) is 6.70. The minimum absolute atomic E-state index is 0.131. The summed E-state index contributed by atoms with van der Waals surface area (Å²) in [4.78, 5) is 8.44. The van der Waals surface area contributed by atoms with Gasteiger partial charge in [0.15, 0.2) is 11.8 Å². The van der Waals surface area contributed by atoms with Crippen molar-refractivity contribution in [2.45, 2.75) is 52.8 Å². The van der Waals surface area contributed by atoms with Gasteiger partial charge in [0, 0.05) is 24.6 Å². The third-order valence-corrected chi connectivity index (χ3v) is 3.63. The molecule has 0 saturated heterocycles. The molecule has 0 aliphatic carbocycles. The second-order valence-corrected chi connectivity index (χ2v) is 7.03. The van der Waals surface area contributed by atoms with Gasteiger partial charge in [0.25, 0.3) is 0 Å². The van der Waals surface area contributed by atoms with Crippen LogP contribution in [0.2, 0.25) is 0 Å². The van der Waals surface area contributed by atoms with Crippen molar-refractivity contribution in [3.63, 3.8) is 0 Å². The third kappa shape index (κ3) is 6.19. The molecule has 0 radical (unpaired) electrons. The molecule has 0 saturated carbocycles. The Morgan fingerprint density at radius 1 is 1.26 bits per heavy atom. The Morgan fingerprint density at radius 3 is 2.56 bits per heavy atom. The lowest BCUT2D eigenvalue weighted by atomic mass is 9.97. The molecule has 1 aromatic carbocycles. The predicted molar refractivity (Wildman–Crippen MR) is 97.8 cm³/mol. The number of alkyl halides is 2. The summed E-state index contributed by atoms with van der Waals surface area (Å²) in [6.45, 7) is 5.54. The van der Waals surface area contributed by atoms with Crippen molar-refractivity contribution in [3.8, 4) is 5.75 Å². The summed E-state index contributed by atoms with van der Waals surface area (Å²) in [6.07, 6.45) is 0. The van der Waals surface area contributed by atoms with Gasteiger partial charge in [0.1, 0.15) is 5.75 Å². The van der Waals surface area contributed by atoms with Crippen LogP contribution in [-0.4, -0.2) is 29.8 Å². The van der Waals surface area contributed by atoms with Crippen LogP contribution in [0.25, 0.3) is 0 Å². The number of guanidine groups is 1. The maximum Gasteiger partial charge on any atom is 0.387 e. The normalized spacial score (nSPS) is 12.4. The summed E-state index contributed by atoms with van der Waals surface area (Å²) < 4.78 is 34.9. The number of nitrogens with zero attached hydrogens (tertiary/aromatic N) is 3. The maximum atomic E-state index is 12.6. The monoisotopic (exact) mass is 381 g/mol. The Hall–Kier alpha value is -2.71. The van der Waals surface area contributed by atoms with Gasteiger partial charge < -0.3 is 19.9 Å². The molecule has 0 bridgehead atoms. The third-order valence-electron chi connectivity index (χ3n) is 3.63. The molecule has 2 rings (SSSR count). The number of ether oxygens (including phenoxy) is 1. The molecular formula is C18H25F2N5O2. The SMILES string of the molecule is CN=C(NCc1noc(C(C)(C)C)n1)NCc1cc(C)ccc1OC(F)F. The van der Waals surface area contributed by atoms with E-state index in [-0.39, 0.29) is 17.7 Å². The Labute approximate surface area is 157 Å². The van der Waals surface area contributed by atoms with E-state index in [1.807, 2.05) is 27.7 Å². The first-order valence-corrected chi connectivity index (χ1v) is 8.51. The van der Waals surface area contributed by atoms with Crippen LogP contribution in [-0.2, 0) is 18.5 Å². The van der Waals surface area contributed by atoms with Crippen LogP contribution in [0.5, 0.6) is 5.75 Å². The molecule has 0 amide bonds. The van der Waals surface area contributed by atoms with Crippen LogP contribution in [0, 0.1) is 6.92 Å². The van der Waals surface area contributed by atoms with E-state index in [9.17, 15) is 8.78 Å². The summed E-state index contributed by atoms with van der Waals surface area (Å²) in [7, 11) is 1.61. The molecule has 0 spiro atoms. The van der Waals surface area contributed by atoms with Crippen LogP contribution < -0.4 is 15.4 Å². The van der Waals surface area contributed by atoms with Crippen molar-refractivity contribution in [3.05, 3.63) is 41.0 Å². The van der Waals surface area contributed by atoms with E-state index in [0.717, 1.165) is 5.56 Å². The number of aryl methyl sites for hydroxylation is 1. The summed E-state index contributed by atoms with van der Waals surface area (Å²) >= 11 is 0. The van der Waals surface area contributed by atoms with Crippen molar-refractivity contribution in [1.82, 2.24) is 20.8 Å². The highest BCUT2D eigenvalue weighted by atomic mass is 19.3. The minimum atomic E-state index is -2.88. The van der Waals surface area contributed by atoms with Gasteiger partial charge in [-0.2, -0.15) is 13.8 Å². The zero-order valence-electron chi connectivity index (χ0n) is 16.1. The largest absolute Gasteiger partial charge is 0.434 e. The average Bonchev–Trinajstić information content (AvgIpc) is 3.06. The number of hydrogen-bond donors (Lipinski definition) is 2. The Bertz CT molecular complexity index is 784. The molecule has 2 aromatic rings. The molecule has 0 aliphatic heterocycles. The average molecular weight is 381 g/mol. The molecule has 2 N–H and O–H groups in total. The van der Waals surface area contributed by atoms with Gasteiger partial charge in [0.2, 0.25) is 5.89 Å². The van der Waals surface area contributed by atoms with E-state index >= 15 is 0 Å². The van der Waals surface area contributed by atoms with Crippen molar-refractivity contribution < 1.29 is 18.0 Å². The Balaban J connectivity index is 1.96. The van der Waals surface area contributed by atoms with Gasteiger partial charge in [-0.3, -0.25) is 4.99 Å². The number of nitrogens with one attached hydrogen (secondary N) is 2. The fourth-order valence-electron chi connectivity index (χ4n) is 2.25. The topological polar surface area (TPSA) is 84.6 Å². The number of aliphatic imine (C=N–C) groups is 1. The number of rotatable bonds is 6. The van der Waals surface area contributed by atoms with Gasteiger partial charge in [-0.15, -0.1) is 0 Å². The molecule has 0 atom stereocenters. The lowest BCUT2D eigenvalue weighted by molar-refractivity contribution is -0.0504. The fourth-order valence-corrected chi connectivity index (χ4v) is 2.25. The van der Waals surface area contributed by atoms with Crippen LogP contribution in [0.4, 0.5) is 8.78 Å². The molecule has 1 aromatic heterocycles. The summed E-state index contributed by atoms with van der Waals surface area (Å²) in [6, 6.07) is 5.03. The smallest absolute Gasteiger partial charge is 0.387 e. The predicted octanol–water partition coefficient (Wildman–Crippen LogP) is 3.14. The quantitative estimate of drug-likeness (QED) is 0.591. The fraction of sp³-hybridized carbons (Fsp3) is 0.500. The molecule has 7 nitrogen and oxygen atoms in total. The van der Waals surface area contributed by atoms with Crippen molar-refractivity contribution >= 4 is 5.96 Å². The van der Waals surface area contributed by atoms with Crippen molar-refractivity contribution in [2.75, 3.05) is 7.05 Å². The van der Waals surface area contributed by atoms with E-state index in [1.54, 1.807) is 19.2 Å². The van der Waals surface area contributed by atoms with Gasteiger partial charge >= 0.3 is 6.61 Å².